The van der Waals surface area contributed by atoms with Crippen LogP contribution in [0, 0.1) is 0 Å². The highest BCUT2D eigenvalue weighted by atomic mass is 16.5. The van der Waals surface area contributed by atoms with Gasteiger partial charge in [0.25, 0.3) is 0 Å². The van der Waals surface area contributed by atoms with Crippen LogP contribution >= 0.6 is 0 Å². The van der Waals surface area contributed by atoms with E-state index in [-0.39, 0.29) is 0 Å². The number of ether oxygens (including phenoxy) is 1. The van der Waals surface area contributed by atoms with Crippen molar-refractivity contribution in [2.24, 2.45) is 12.2 Å². The average molecular weight is 196 g/mol. The second-order valence-corrected chi connectivity index (χ2v) is 2.77. The normalized spacial score (nSPS) is 10.9. The quantitative estimate of drug-likeness (QED) is 0.184. The van der Waals surface area contributed by atoms with Gasteiger partial charge in [-0.1, -0.05) is 11.2 Å². The van der Waals surface area contributed by atoms with Crippen LogP contribution in [0.3, 0.4) is 0 Å². The third-order valence-corrected chi connectivity index (χ3v) is 1.77. The number of hydrogen-bond acceptors (Lipinski definition) is 3. The Balaban J connectivity index is 2.70. The van der Waals surface area contributed by atoms with E-state index in [0.717, 1.165) is 5.82 Å². The molecule has 0 aliphatic heterocycles. The third kappa shape index (κ3) is 2.43. The predicted molar refractivity (Wildman–Crippen MR) is 51.1 cm³/mol. The molecular weight excluding hydrogens is 182 g/mol. The van der Waals surface area contributed by atoms with Gasteiger partial charge in [0, 0.05) is 0 Å². The van der Waals surface area contributed by atoms with Crippen LogP contribution in [0.4, 0.5) is 0 Å². The van der Waals surface area contributed by atoms with Crippen molar-refractivity contribution in [1.29, 1.82) is 0 Å². The minimum atomic E-state index is 0.411. The average Bonchev–Trinajstić information content (AvgIpc) is 2.51. The highest BCUT2D eigenvalue weighted by Crippen LogP contribution is 1.93. The third-order valence-electron chi connectivity index (χ3n) is 1.77. The maximum atomic E-state index is 8.44. The zero-order valence-corrected chi connectivity index (χ0v) is 8.13. The first-order valence-corrected chi connectivity index (χ1v) is 4.20. The summed E-state index contributed by atoms with van der Waals surface area (Å²) in [5.74, 6) is 0.761. The van der Waals surface area contributed by atoms with Crippen molar-refractivity contribution in [1.82, 2.24) is 4.57 Å². The zero-order valence-electron chi connectivity index (χ0n) is 8.13. The zero-order chi connectivity index (χ0) is 10.4. The van der Waals surface area contributed by atoms with Crippen molar-refractivity contribution < 1.29 is 14.5 Å². The minimum absolute atomic E-state index is 0.411. The van der Waals surface area contributed by atoms with E-state index >= 15 is 0 Å². The van der Waals surface area contributed by atoms with E-state index in [1.54, 1.807) is 6.08 Å². The van der Waals surface area contributed by atoms with Crippen LogP contribution in [-0.2, 0) is 18.5 Å². The monoisotopic (exact) mass is 196 g/mol. The van der Waals surface area contributed by atoms with E-state index in [0.29, 0.717) is 13.3 Å². The summed E-state index contributed by atoms with van der Waals surface area (Å²) in [6, 6.07) is 0. The van der Waals surface area contributed by atoms with Crippen LogP contribution < -0.4 is 4.57 Å². The van der Waals surface area contributed by atoms with E-state index < -0.39 is 0 Å². The number of aryl methyl sites for hydroxylation is 1. The van der Waals surface area contributed by atoms with Crippen LogP contribution in [0.5, 0.6) is 0 Å². The molecule has 0 unspecified atom stereocenters. The molecule has 1 rings (SSSR count). The van der Waals surface area contributed by atoms with Gasteiger partial charge in [0.1, 0.15) is 12.4 Å². The molecule has 14 heavy (non-hydrogen) atoms. The summed E-state index contributed by atoms with van der Waals surface area (Å²) in [5.41, 5.74) is 0. The van der Waals surface area contributed by atoms with Gasteiger partial charge in [0.15, 0.2) is 12.9 Å². The highest BCUT2D eigenvalue weighted by Gasteiger charge is 2.11. The van der Waals surface area contributed by atoms with Crippen LogP contribution in [0.25, 0.3) is 0 Å². The first kappa shape index (κ1) is 10.5. The smallest absolute Gasteiger partial charge is 0.305 e. The molecule has 0 aliphatic carbocycles. The largest absolute Gasteiger partial charge is 0.411 e. The molecule has 1 heterocycles. The standard InChI is InChI=1S/C9H13N3O2/c1-3-6-14-8-12-5-4-11(2)9(12)7-10-13/h3-5,7H,1,6,8H2,2H3/p+1. The fraction of sp³-hybridized carbons (Fsp3) is 0.333. The van der Waals surface area contributed by atoms with E-state index in [4.69, 9.17) is 9.94 Å². The number of aromatic nitrogens is 2. The molecule has 0 spiro atoms. The van der Waals surface area contributed by atoms with Gasteiger partial charge in [-0.05, 0) is 0 Å². The molecule has 0 fully saturated rings. The molecule has 1 aromatic rings. The van der Waals surface area contributed by atoms with E-state index in [9.17, 15) is 0 Å². The van der Waals surface area contributed by atoms with Gasteiger partial charge in [-0.15, -0.1) is 6.58 Å². The summed E-state index contributed by atoms with van der Waals surface area (Å²) >= 11 is 0. The molecular formula is C9H14N3O2+. The number of rotatable bonds is 5. The Morgan fingerprint density at radius 1 is 1.79 bits per heavy atom. The summed E-state index contributed by atoms with van der Waals surface area (Å²) in [7, 11) is 1.86. The Labute approximate surface area is 82.5 Å². The number of nitrogens with zero attached hydrogens (tertiary/aromatic N) is 3. The molecule has 0 saturated carbocycles. The maximum absolute atomic E-state index is 8.44. The van der Waals surface area contributed by atoms with Crippen molar-refractivity contribution in [3.8, 4) is 0 Å². The van der Waals surface area contributed by atoms with Crippen molar-refractivity contribution in [2.45, 2.75) is 6.73 Å². The van der Waals surface area contributed by atoms with Crippen molar-refractivity contribution in [3.63, 3.8) is 0 Å². The fourth-order valence-corrected chi connectivity index (χ4v) is 1.10. The van der Waals surface area contributed by atoms with Crippen molar-refractivity contribution in [3.05, 3.63) is 30.9 Å². The van der Waals surface area contributed by atoms with Gasteiger partial charge in [-0.3, -0.25) is 0 Å². The number of hydrogen-bond donors (Lipinski definition) is 1. The van der Waals surface area contributed by atoms with E-state index in [2.05, 4.69) is 11.7 Å². The lowest BCUT2D eigenvalue weighted by Crippen LogP contribution is -2.32. The second kappa shape index (κ2) is 5.18. The second-order valence-electron chi connectivity index (χ2n) is 2.77. The summed E-state index contributed by atoms with van der Waals surface area (Å²) in [6.07, 6.45) is 6.75. The van der Waals surface area contributed by atoms with Crippen LogP contribution in [0.2, 0.25) is 0 Å². The summed E-state index contributed by atoms with van der Waals surface area (Å²) in [4.78, 5) is 0. The lowest BCUT2D eigenvalue weighted by molar-refractivity contribution is -0.672. The van der Waals surface area contributed by atoms with E-state index in [1.807, 2.05) is 28.6 Å². The first-order valence-electron chi connectivity index (χ1n) is 4.20. The minimum Gasteiger partial charge on any atom is -0.411 e. The van der Waals surface area contributed by atoms with Gasteiger partial charge in [0.2, 0.25) is 0 Å². The molecule has 0 atom stereocenters. The Morgan fingerprint density at radius 2 is 2.57 bits per heavy atom. The van der Waals surface area contributed by atoms with Gasteiger partial charge in [-0.25, -0.2) is 9.13 Å². The molecule has 0 aliphatic rings. The number of oxime groups is 1. The Morgan fingerprint density at radius 3 is 3.21 bits per heavy atom. The lowest BCUT2D eigenvalue weighted by atomic mass is 10.6. The molecule has 0 saturated heterocycles. The van der Waals surface area contributed by atoms with Crippen molar-refractivity contribution in [2.75, 3.05) is 6.61 Å². The molecule has 0 bridgehead atoms. The predicted octanol–water partition coefficient (Wildman–Crippen LogP) is 0.281. The summed E-state index contributed by atoms with van der Waals surface area (Å²) in [5, 5.41) is 11.4. The van der Waals surface area contributed by atoms with Gasteiger partial charge >= 0.3 is 5.82 Å². The van der Waals surface area contributed by atoms with Crippen molar-refractivity contribution >= 4 is 6.21 Å². The Bertz CT molecular complexity index is 331. The van der Waals surface area contributed by atoms with E-state index in [1.165, 1.54) is 6.21 Å². The molecule has 0 radical (unpaired) electrons. The molecule has 1 N–H and O–H groups in total. The molecule has 76 valence electrons. The van der Waals surface area contributed by atoms with Crippen LogP contribution in [-0.4, -0.2) is 22.6 Å². The Kier molecular flexibility index (Phi) is 3.87. The highest BCUT2D eigenvalue weighted by molar-refractivity contribution is 5.72. The lowest BCUT2D eigenvalue weighted by Gasteiger charge is -1.98. The van der Waals surface area contributed by atoms with Gasteiger partial charge in [-0.2, -0.15) is 0 Å². The summed E-state index contributed by atoms with van der Waals surface area (Å²) in [6.45, 7) is 4.46. The number of imidazole rings is 1. The van der Waals surface area contributed by atoms with Crippen LogP contribution in [0.15, 0.2) is 30.2 Å². The fourth-order valence-electron chi connectivity index (χ4n) is 1.10. The molecule has 1 aromatic heterocycles. The first-order chi connectivity index (χ1) is 6.79. The Hall–Kier alpha value is -1.62. The van der Waals surface area contributed by atoms with Gasteiger partial charge in [0.05, 0.1) is 13.7 Å². The summed E-state index contributed by atoms with van der Waals surface area (Å²) < 4.78 is 8.91. The molecule has 5 heteroatoms. The molecule has 0 amide bonds. The van der Waals surface area contributed by atoms with Crippen LogP contribution in [0.1, 0.15) is 5.82 Å². The maximum Gasteiger partial charge on any atom is 0.305 e. The SMILES string of the molecule is C=CCOCn1cc[n+](C)c1/C=N/O. The van der Waals surface area contributed by atoms with Gasteiger partial charge < -0.3 is 9.94 Å². The molecule has 0 aromatic carbocycles. The topological polar surface area (TPSA) is 50.6 Å². The molecule has 5 nitrogen and oxygen atoms in total.